The second kappa shape index (κ2) is 7.62. The minimum Gasteiger partial charge on any atom is -0.494 e. The zero-order valence-electron chi connectivity index (χ0n) is 14.0. The Morgan fingerprint density at radius 2 is 1.96 bits per heavy atom. The van der Waals surface area contributed by atoms with Crippen LogP contribution in [0, 0.1) is 0 Å². The van der Waals surface area contributed by atoms with Gasteiger partial charge in [-0.15, -0.1) is 11.8 Å². The SMILES string of the molecule is CCOc1ccc(NC(=O)N2C[C@H](CC)Sc3ccccc32)cc1. The van der Waals surface area contributed by atoms with Crippen LogP contribution in [0.3, 0.4) is 0 Å². The number of carbonyl (C=O) groups is 1. The van der Waals surface area contributed by atoms with Gasteiger partial charge in [0.15, 0.2) is 0 Å². The topological polar surface area (TPSA) is 41.6 Å². The molecule has 0 saturated heterocycles. The van der Waals surface area contributed by atoms with Gasteiger partial charge in [0.1, 0.15) is 5.75 Å². The fourth-order valence-electron chi connectivity index (χ4n) is 2.70. The van der Waals surface area contributed by atoms with Crippen LogP contribution in [0.4, 0.5) is 16.2 Å². The summed E-state index contributed by atoms with van der Waals surface area (Å²) in [6.07, 6.45) is 1.03. The molecule has 1 heterocycles. The van der Waals surface area contributed by atoms with Crippen LogP contribution in [0.25, 0.3) is 0 Å². The third-order valence-corrected chi connectivity index (χ3v) is 5.37. The quantitative estimate of drug-likeness (QED) is 0.849. The summed E-state index contributed by atoms with van der Waals surface area (Å²) in [5.41, 5.74) is 1.75. The Morgan fingerprint density at radius 3 is 2.67 bits per heavy atom. The van der Waals surface area contributed by atoms with Gasteiger partial charge in [0.05, 0.1) is 12.3 Å². The van der Waals surface area contributed by atoms with Crippen LogP contribution in [-0.4, -0.2) is 24.4 Å². The van der Waals surface area contributed by atoms with Crippen molar-refractivity contribution < 1.29 is 9.53 Å². The molecule has 126 valence electrons. The van der Waals surface area contributed by atoms with Crippen LogP contribution in [0.5, 0.6) is 5.75 Å². The Morgan fingerprint density at radius 1 is 1.21 bits per heavy atom. The van der Waals surface area contributed by atoms with E-state index in [1.165, 1.54) is 0 Å². The van der Waals surface area contributed by atoms with Crippen LogP contribution in [0.1, 0.15) is 20.3 Å². The van der Waals surface area contributed by atoms with Crippen molar-refractivity contribution >= 4 is 29.2 Å². The maximum atomic E-state index is 12.8. The van der Waals surface area contributed by atoms with Gasteiger partial charge in [-0.25, -0.2) is 4.79 Å². The molecule has 0 radical (unpaired) electrons. The van der Waals surface area contributed by atoms with Crippen LogP contribution < -0.4 is 15.0 Å². The van der Waals surface area contributed by atoms with Crippen molar-refractivity contribution in [1.29, 1.82) is 0 Å². The van der Waals surface area contributed by atoms with Crippen LogP contribution >= 0.6 is 11.8 Å². The fourth-order valence-corrected chi connectivity index (χ4v) is 3.90. The summed E-state index contributed by atoms with van der Waals surface area (Å²) < 4.78 is 5.43. The molecule has 1 atom stereocenters. The van der Waals surface area contributed by atoms with Gasteiger partial charge in [-0.1, -0.05) is 19.1 Å². The third kappa shape index (κ3) is 3.67. The van der Waals surface area contributed by atoms with E-state index in [0.29, 0.717) is 11.9 Å². The maximum absolute atomic E-state index is 12.8. The summed E-state index contributed by atoms with van der Waals surface area (Å²) in [6, 6.07) is 15.5. The number of ether oxygens (including phenoxy) is 1. The average Bonchev–Trinajstić information content (AvgIpc) is 2.62. The van der Waals surface area contributed by atoms with Gasteiger partial charge in [-0.2, -0.15) is 0 Å². The number of carbonyl (C=O) groups excluding carboxylic acids is 1. The van der Waals surface area contributed by atoms with Crippen molar-refractivity contribution in [2.45, 2.75) is 30.4 Å². The molecule has 1 aliphatic heterocycles. The normalized spacial score (nSPS) is 16.4. The molecule has 2 aromatic carbocycles. The summed E-state index contributed by atoms with van der Waals surface area (Å²) in [6.45, 7) is 5.47. The molecule has 0 saturated carbocycles. The predicted molar refractivity (Wildman–Crippen MR) is 100 cm³/mol. The van der Waals surface area contributed by atoms with Crippen LogP contribution in [0.15, 0.2) is 53.4 Å². The highest BCUT2D eigenvalue weighted by atomic mass is 32.2. The monoisotopic (exact) mass is 342 g/mol. The summed E-state index contributed by atoms with van der Waals surface area (Å²) in [4.78, 5) is 15.8. The third-order valence-electron chi connectivity index (χ3n) is 3.95. The van der Waals surface area contributed by atoms with E-state index in [0.717, 1.165) is 35.0 Å². The van der Waals surface area contributed by atoms with Crippen molar-refractivity contribution in [2.75, 3.05) is 23.4 Å². The lowest BCUT2D eigenvalue weighted by atomic mass is 10.2. The summed E-state index contributed by atoms with van der Waals surface area (Å²) in [7, 11) is 0. The zero-order valence-corrected chi connectivity index (χ0v) is 14.8. The van der Waals surface area contributed by atoms with Gasteiger partial charge in [-0.3, -0.25) is 4.90 Å². The highest BCUT2D eigenvalue weighted by Gasteiger charge is 2.28. The van der Waals surface area contributed by atoms with Crippen molar-refractivity contribution in [2.24, 2.45) is 0 Å². The number of benzene rings is 2. The first kappa shape index (κ1) is 16.7. The molecule has 3 rings (SSSR count). The second-order valence-electron chi connectivity index (χ2n) is 5.61. The van der Waals surface area contributed by atoms with Crippen molar-refractivity contribution in [3.63, 3.8) is 0 Å². The maximum Gasteiger partial charge on any atom is 0.326 e. The Kier molecular flexibility index (Phi) is 5.30. The molecule has 0 aliphatic carbocycles. The molecule has 2 amide bonds. The van der Waals surface area contributed by atoms with Gasteiger partial charge in [0, 0.05) is 22.4 Å². The minimum atomic E-state index is -0.0923. The highest BCUT2D eigenvalue weighted by Crippen LogP contribution is 2.39. The van der Waals surface area contributed by atoms with Gasteiger partial charge >= 0.3 is 6.03 Å². The number of thioether (sulfide) groups is 1. The van der Waals surface area contributed by atoms with Gasteiger partial charge in [-0.05, 0) is 49.7 Å². The number of nitrogens with one attached hydrogen (secondary N) is 1. The van der Waals surface area contributed by atoms with E-state index in [9.17, 15) is 4.79 Å². The van der Waals surface area contributed by atoms with E-state index in [4.69, 9.17) is 4.74 Å². The predicted octanol–water partition coefficient (Wildman–Crippen LogP) is 5.01. The van der Waals surface area contributed by atoms with E-state index in [1.807, 2.05) is 66.1 Å². The lowest BCUT2D eigenvalue weighted by Gasteiger charge is -2.33. The number of fused-ring (bicyclic) bond motifs is 1. The molecule has 0 bridgehead atoms. The molecule has 1 aliphatic rings. The summed E-state index contributed by atoms with van der Waals surface area (Å²) in [5.74, 6) is 0.807. The molecule has 0 fully saturated rings. The Hall–Kier alpha value is -2.14. The first-order valence-corrected chi connectivity index (χ1v) is 9.16. The Bertz CT molecular complexity index is 703. The van der Waals surface area contributed by atoms with E-state index in [2.05, 4.69) is 18.3 Å². The molecule has 0 spiro atoms. The van der Waals surface area contributed by atoms with Gasteiger partial charge in [0.2, 0.25) is 0 Å². The lowest BCUT2D eigenvalue weighted by Crippen LogP contribution is -2.41. The van der Waals surface area contributed by atoms with E-state index >= 15 is 0 Å². The second-order valence-corrected chi connectivity index (χ2v) is 6.96. The first-order chi connectivity index (χ1) is 11.7. The lowest BCUT2D eigenvalue weighted by molar-refractivity contribution is 0.256. The van der Waals surface area contributed by atoms with Crippen LogP contribution in [-0.2, 0) is 0 Å². The van der Waals surface area contributed by atoms with Gasteiger partial charge in [0.25, 0.3) is 0 Å². The summed E-state index contributed by atoms with van der Waals surface area (Å²) >= 11 is 1.85. The zero-order chi connectivity index (χ0) is 16.9. The number of para-hydroxylation sites is 1. The van der Waals surface area contributed by atoms with Crippen molar-refractivity contribution in [3.8, 4) is 5.75 Å². The number of nitrogens with zero attached hydrogens (tertiary/aromatic N) is 1. The van der Waals surface area contributed by atoms with E-state index in [1.54, 1.807) is 0 Å². The van der Waals surface area contributed by atoms with Crippen molar-refractivity contribution in [1.82, 2.24) is 0 Å². The molecular weight excluding hydrogens is 320 g/mol. The number of anilines is 2. The molecule has 0 unspecified atom stereocenters. The molecule has 1 N–H and O–H groups in total. The molecule has 2 aromatic rings. The molecule has 4 nitrogen and oxygen atoms in total. The molecule has 24 heavy (non-hydrogen) atoms. The van der Waals surface area contributed by atoms with E-state index < -0.39 is 0 Å². The smallest absolute Gasteiger partial charge is 0.326 e. The number of rotatable bonds is 4. The van der Waals surface area contributed by atoms with Crippen molar-refractivity contribution in [3.05, 3.63) is 48.5 Å². The average molecular weight is 342 g/mol. The molecule has 5 heteroatoms. The molecular formula is C19H22N2O2S. The first-order valence-electron chi connectivity index (χ1n) is 8.28. The summed E-state index contributed by atoms with van der Waals surface area (Å²) in [5, 5.41) is 3.41. The number of hydrogen-bond donors (Lipinski definition) is 1. The Labute approximate surface area is 147 Å². The van der Waals surface area contributed by atoms with Crippen LogP contribution in [0.2, 0.25) is 0 Å². The minimum absolute atomic E-state index is 0.0923. The molecule has 0 aromatic heterocycles. The number of amides is 2. The largest absolute Gasteiger partial charge is 0.494 e. The Balaban J connectivity index is 1.76. The standard InChI is InChI=1S/C19H22N2O2S/c1-3-16-13-21(17-7-5-6-8-18(17)24-16)19(22)20-14-9-11-15(12-10-14)23-4-2/h5-12,16H,3-4,13H2,1-2H3,(H,20,22)/t16-/m0/s1. The number of hydrogen-bond acceptors (Lipinski definition) is 3. The van der Waals surface area contributed by atoms with E-state index in [-0.39, 0.29) is 6.03 Å². The fraction of sp³-hybridized carbons (Fsp3) is 0.316. The number of urea groups is 1. The highest BCUT2D eigenvalue weighted by molar-refractivity contribution is 8.00. The van der Waals surface area contributed by atoms with Gasteiger partial charge < -0.3 is 10.1 Å².